The number of hydrogen-bond acceptors (Lipinski definition) is 2. The van der Waals surface area contributed by atoms with Gasteiger partial charge >= 0.3 is 0 Å². The van der Waals surface area contributed by atoms with Crippen LogP contribution in [0.25, 0.3) is 0 Å². The second-order valence-electron chi connectivity index (χ2n) is 6.66. The lowest BCUT2D eigenvalue weighted by Crippen LogP contribution is -2.27. The molecule has 1 heterocycles. The number of nitrogens with one attached hydrogen (secondary N) is 1. The van der Waals surface area contributed by atoms with Crippen LogP contribution >= 0.6 is 0 Å². The van der Waals surface area contributed by atoms with E-state index in [1.165, 1.54) is 38.8 Å². The molecule has 3 atom stereocenters. The quantitative estimate of drug-likeness (QED) is 0.806. The molecule has 1 aliphatic carbocycles. The maximum atomic E-state index is 12.1. The zero-order chi connectivity index (χ0) is 11.8. The first-order chi connectivity index (χ1) is 7.41. The highest BCUT2D eigenvalue weighted by atomic mass is 32.2. The highest BCUT2D eigenvalue weighted by molar-refractivity contribution is 7.86. The van der Waals surface area contributed by atoms with Crippen molar-refractivity contribution in [1.82, 2.24) is 5.32 Å². The first-order valence-electron chi connectivity index (χ1n) is 6.51. The SMILES string of the molecule is CC(C)(C)[S@@](=O)C[C@@H]1CCC2(CCNC2)C1. The minimum atomic E-state index is -0.664. The molecule has 2 fully saturated rings. The van der Waals surface area contributed by atoms with Gasteiger partial charge in [-0.15, -0.1) is 0 Å². The fourth-order valence-electron chi connectivity index (χ4n) is 3.12. The Morgan fingerprint density at radius 3 is 2.69 bits per heavy atom. The lowest BCUT2D eigenvalue weighted by atomic mass is 9.85. The summed E-state index contributed by atoms with van der Waals surface area (Å²) in [6.45, 7) is 8.65. The van der Waals surface area contributed by atoms with Crippen LogP contribution in [-0.2, 0) is 10.8 Å². The van der Waals surface area contributed by atoms with Crippen LogP contribution in [0.4, 0.5) is 0 Å². The van der Waals surface area contributed by atoms with E-state index in [2.05, 4.69) is 26.1 Å². The van der Waals surface area contributed by atoms with Crippen molar-refractivity contribution in [2.75, 3.05) is 18.8 Å². The van der Waals surface area contributed by atoms with Crippen LogP contribution < -0.4 is 5.32 Å². The summed E-state index contributed by atoms with van der Waals surface area (Å²) in [5.41, 5.74) is 0.576. The Balaban J connectivity index is 1.87. The lowest BCUT2D eigenvalue weighted by molar-refractivity contribution is 0.324. The molecule has 1 unspecified atom stereocenters. The molecule has 1 N–H and O–H groups in total. The molecule has 3 heteroatoms. The van der Waals surface area contributed by atoms with Gasteiger partial charge in [0.05, 0.1) is 0 Å². The van der Waals surface area contributed by atoms with Gasteiger partial charge in [-0.3, -0.25) is 4.21 Å². The van der Waals surface area contributed by atoms with Crippen molar-refractivity contribution in [3.63, 3.8) is 0 Å². The van der Waals surface area contributed by atoms with E-state index in [9.17, 15) is 4.21 Å². The summed E-state index contributed by atoms with van der Waals surface area (Å²) in [6.07, 6.45) is 5.29. The van der Waals surface area contributed by atoms with Gasteiger partial charge in [0.2, 0.25) is 0 Å². The average molecular weight is 243 g/mol. The summed E-state index contributed by atoms with van der Waals surface area (Å²) in [5.74, 6) is 1.63. The second-order valence-corrected chi connectivity index (χ2v) is 8.91. The minimum Gasteiger partial charge on any atom is -0.316 e. The number of hydrogen-bond donors (Lipinski definition) is 1. The molecule has 2 rings (SSSR count). The predicted molar refractivity (Wildman–Crippen MR) is 70.0 cm³/mol. The van der Waals surface area contributed by atoms with E-state index in [4.69, 9.17) is 0 Å². The molecule has 0 amide bonds. The van der Waals surface area contributed by atoms with Crippen molar-refractivity contribution in [3.05, 3.63) is 0 Å². The molecule has 1 aliphatic heterocycles. The molecule has 16 heavy (non-hydrogen) atoms. The van der Waals surface area contributed by atoms with E-state index in [1.807, 2.05) is 0 Å². The molecule has 0 aromatic rings. The Labute approximate surface area is 102 Å². The van der Waals surface area contributed by atoms with Crippen molar-refractivity contribution in [2.24, 2.45) is 11.3 Å². The first-order valence-corrected chi connectivity index (χ1v) is 7.82. The third-order valence-corrected chi connectivity index (χ3v) is 6.35. The van der Waals surface area contributed by atoms with Crippen LogP contribution in [0.3, 0.4) is 0 Å². The van der Waals surface area contributed by atoms with Gasteiger partial charge in [0.15, 0.2) is 0 Å². The minimum absolute atomic E-state index is 0.0380. The van der Waals surface area contributed by atoms with Gasteiger partial charge in [0.25, 0.3) is 0 Å². The monoisotopic (exact) mass is 243 g/mol. The summed E-state index contributed by atoms with van der Waals surface area (Å²) in [7, 11) is -0.664. The van der Waals surface area contributed by atoms with Crippen LogP contribution in [0.2, 0.25) is 0 Å². The molecule has 2 aliphatic rings. The summed E-state index contributed by atoms with van der Waals surface area (Å²) < 4.78 is 12.1. The largest absolute Gasteiger partial charge is 0.316 e. The van der Waals surface area contributed by atoms with Gasteiger partial charge in [0.1, 0.15) is 0 Å². The van der Waals surface area contributed by atoms with Gasteiger partial charge in [-0.05, 0) is 64.3 Å². The van der Waals surface area contributed by atoms with Crippen molar-refractivity contribution >= 4 is 10.8 Å². The lowest BCUT2D eigenvalue weighted by Gasteiger charge is -2.23. The van der Waals surface area contributed by atoms with Crippen LogP contribution in [-0.4, -0.2) is 27.8 Å². The van der Waals surface area contributed by atoms with Gasteiger partial charge < -0.3 is 5.32 Å². The molecule has 0 aromatic heterocycles. The standard InChI is InChI=1S/C13H25NOS/c1-12(2,3)16(15)9-11-4-5-13(8-11)6-7-14-10-13/h11,14H,4-10H2,1-3H3/t11-,13?,16+/m1/s1. The molecule has 1 saturated carbocycles. The third kappa shape index (κ3) is 2.67. The van der Waals surface area contributed by atoms with Gasteiger partial charge in [-0.1, -0.05) is 0 Å². The Bertz CT molecular complexity index is 276. The summed E-state index contributed by atoms with van der Waals surface area (Å²) in [4.78, 5) is 0. The van der Waals surface area contributed by atoms with Crippen molar-refractivity contribution in [3.8, 4) is 0 Å². The number of rotatable bonds is 2. The predicted octanol–water partition coefficient (Wildman–Crippen LogP) is 2.31. The molecule has 2 nitrogen and oxygen atoms in total. The molecule has 1 spiro atoms. The second kappa shape index (κ2) is 4.41. The summed E-state index contributed by atoms with van der Waals surface area (Å²) in [6, 6.07) is 0. The third-order valence-electron chi connectivity index (χ3n) is 4.21. The summed E-state index contributed by atoms with van der Waals surface area (Å²) >= 11 is 0. The van der Waals surface area contributed by atoms with Crippen LogP contribution in [0.1, 0.15) is 46.5 Å². The molecule has 0 aromatic carbocycles. The van der Waals surface area contributed by atoms with Crippen molar-refractivity contribution in [2.45, 2.75) is 51.2 Å². The average Bonchev–Trinajstić information content (AvgIpc) is 2.77. The Morgan fingerprint density at radius 1 is 1.38 bits per heavy atom. The molecule has 0 bridgehead atoms. The molecular weight excluding hydrogens is 218 g/mol. The Morgan fingerprint density at radius 2 is 2.12 bits per heavy atom. The topological polar surface area (TPSA) is 29.1 Å². The van der Waals surface area contributed by atoms with Crippen LogP contribution in [0.5, 0.6) is 0 Å². The Kier molecular flexibility index (Phi) is 3.47. The normalized spacial score (nSPS) is 37.1. The van der Waals surface area contributed by atoms with Crippen molar-refractivity contribution in [1.29, 1.82) is 0 Å². The van der Waals surface area contributed by atoms with E-state index >= 15 is 0 Å². The maximum Gasteiger partial charge on any atom is 0.0375 e. The van der Waals surface area contributed by atoms with E-state index < -0.39 is 10.8 Å². The van der Waals surface area contributed by atoms with Gasteiger partial charge in [-0.25, -0.2) is 0 Å². The van der Waals surface area contributed by atoms with Crippen LogP contribution in [0.15, 0.2) is 0 Å². The fraction of sp³-hybridized carbons (Fsp3) is 1.00. The molecule has 0 radical (unpaired) electrons. The van der Waals surface area contributed by atoms with Crippen molar-refractivity contribution < 1.29 is 4.21 Å². The van der Waals surface area contributed by atoms with Gasteiger partial charge in [-0.2, -0.15) is 0 Å². The zero-order valence-electron chi connectivity index (χ0n) is 10.8. The smallest absolute Gasteiger partial charge is 0.0375 e. The Hall–Kier alpha value is 0.110. The van der Waals surface area contributed by atoms with E-state index in [0.717, 1.165) is 5.75 Å². The molecule has 1 saturated heterocycles. The highest BCUT2D eigenvalue weighted by Crippen LogP contribution is 2.46. The fourth-order valence-corrected chi connectivity index (χ4v) is 4.33. The first kappa shape index (κ1) is 12.6. The summed E-state index contributed by atoms with van der Waals surface area (Å²) in [5, 5.41) is 3.48. The highest BCUT2D eigenvalue weighted by Gasteiger charge is 2.41. The van der Waals surface area contributed by atoms with Crippen LogP contribution in [0, 0.1) is 11.3 Å². The zero-order valence-corrected chi connectivity index (χ0v) is 11.7. The van der Waals surface area contributed by atoms with E-state index in [0.29, 0.717) is 11.3 Å². The van der Waals surface area contributed by atoms with Gasteiger partial charge in [0, 0.05) is 27.8 Å². The molecule has 94 valence electrons. The maximum absolute atomic E-state index is 12.1. The van der Waals surface area contributed by atoms with E-state index in [1.54, 1.807) is 0 Å². The molecular formula is C13H25NOS. The van der Waals surface area contributed by atoms with E-state index in [-0.39, 0.29) is 4.75 Å².